The molecule has 0 saturated heterocycles. The fourth-order valence-corrected chi connectivity index (χ4v) is 1.93. The van der Waals surface area contributed by atoms with E-state index in [1.54, 1.807) is 6.07 Å². The first kappa shape index (κ1) is 12.8. The highest BCUT2D eigenvalue weighted by Gasteiger charge is 2.14. The van der Waals surface area contributed by atoms with Gasteiger partial charge in [-0.25, -0.2) is 4.39 Å². The lowest BCUT2D eigenvalue weighted by Crippen LogP contribution is -1.91. The zero-order chi connectivity index (χ0) is 13.3. The predicted molar refractivity (Wildman–Crippen MR) is 68.5 cm³/mol. The Hall–Kier alpha value is -1.65. The molecular weight excluding hydrogens is 280 g/mol. The van der Waals surface area contributed by atoms with Crippen LogP contribution in [0.1, 0.15) is 0 Å². The molecule has 0 radical (unpaired) electrons. The Morgan fingerprint density at radius 3 is 2.44 bits per heavy atom. The summed E-state index contributed by atoms with van der Waals surface area (Å²) in [5, 5.41) is 11.3. The Labute approximate surface area is 112 Å². The van der Waals surface area contributed by atoms with Gasteiger partial charge in [-0.05, 0) is 24.3 Å². The Balaban J connectivity index is 2.66. The summed E-state index contributed by atoms with van der Waals surface area (Å²) in [6, 6.07) is 7.79. The number of halogens is 3. The monoisotopic (exact) mass is 285 g/mol. The van der Waals surface area contributed by atoms with Crippen LogP contribution in [0, 0.1) is 15.9 Å². The van der Waals surface area contributed by atoms with Crippen molar-refractivity contribution in [3.8, 4) is 11.1 Å². The summed E-state index contributed by atoms with van der Waals surface area (Å²) in [4.78, 5) is 10.1. The van der Waals surface area contributed by atoms with Gasteiger partial charge in [-0.1, -0.05) is 23.2 Å². The predicted octanol–water partition coefficient (Wildman–Crippen LogP) is 4.71. The van der Waals surface area contributed by atoms with Crippen LogP contribution in [-0.2, 0) is 0 Å². The average Bonchev–Trinajstić information content (AvgIpc) is 2.33. The number of benzene rings is 2. The Bertz CT molecular complexity index is 631. The number of hydrogen-bond donors (Lipinski definition) is 0. The second-order valence-electron chi connectivity index (χ2n) is 3.55. The molecule has 0 amide bonds. The molecule has 0 bridgehead atoms. The summed E-state index contributed by atoms with van der Waals surface area (Å²) in [5.41, 5.74) is 0.171. The summed E-state index contributed by atoms with van der Waals surface area (Å²) in [6.45, 7) is 0. The van der Waals surface area contributed by atoms with Crippen LogP contribution in [-0.4, -0.2) is 4.92 Å². The van der Waals surface area contributed by atoms with Crippen LogP contribution in [0.25, 0.3) is 11.1 Å². The van der Waals surface area contributed by atoms with Crippen LogP contribution >= 0.6 is 23.2 Å². The fourth-order valence-electron chi connectivity index (χ4n) is 1.54. The molecule has 0 spiro atoms. The van der Waals surface area contributed by atoms with Crippen molar-refractivity contribution >= 4 is 28.9 Å². The Morgan fingerprint density at radius 1 is 1.06 bits per heavy atom. The second kappa shape index (κ2) is 4.92. The zero-order valence-corrected chi connectivity index (χ0v) is 10.4. The van der Waals surface area contributed by atoms with Crippen molar-refractivity contribution in [1.82, 2.24) is 0 Å². The number of non-ortho nitro benzene ring substituents is 1. The largest absolute Gasteiger partial charge is 0.270 e. The highest BCUT2D eigenvalue weighted by atomic mass is 35.5. The molecular formula is C12H6Cl2FNO2. The number of hydrogen-bond acceptors (Lipinski definition) is 2. The smallest absolute Gasteiger partial charge is 0.258 e. The molecule has 0 aromatic heterocycles. The highest BCUT2D eigenvalue weighted by molar-refractivity contribution is 6.35. The Kier molecular flexibility index (Phi) is 3.50. The minimum atomic E-state index is -0.596. The van der Waals surface area contributed by atoms with E-state index in [-0.39, 0.29) is 16.3 Å². The molecule has 0 saturated carbocycles. The van der Waals surface area contributed by atoms with Crippen LogP contribution < -0.4 is 0 Å². The van der Waals surface area contributed by atoms with Gasteiger partial charge in [0, 0.05) is 33.3 Å². The minimum Gasteiger partial charge on any atom is -0.258 e. The van der Waals surface area contributed by atoms with E-state index in [2.05, 4.69) is 0 Å². The molecule has 0 unspecified atom stereocenters. The molecule has 2 aromatic carbocycles. The SMILES string of the molecule is O=[N+]([O-])c1ccc(F)c(-c2cc(Cl)ccc2Cl)c1. The van der Waals surface area contributed by atoms with E-state index in [0.717, 1.165) is 18.2 Å². The van der Waals surface area contributed by atoms with Crippen molar-refractivity contribution in [2.45, 2.75) is 0 Å². The van der Waals surface area contributed by atoms with Crippen molar-refractivity contribution in [2.24, 2.45) is 0 Å². The molecule has 0 aliphatic carbocycles. The molecule has 0 heterocycles. The van der Waals surface area contributed by atoms with Gasteiger partial charge in [-0.15, -0.1) is 0 Å². The summed E-state index contributed by atoms with van der Waals surface area (Å²) >= 11 is 11.7. The molecule has 2 rings (SSSR count). The average molecular weight is 286 g/mol. The fraction of sp³-hybridized carbons (Fsp3) is 0. The lowest BCUT2D eigenvalue weighted by atomic mass is 10.0. The second-order valence-corrected chi connectivity index (χ2v) is 4.39. The van der Waals surface area contributed by atoms with E-state index < -0.39 is 10.7 Å². The van der Waals surface area contributed by atoms with E-state index in [9.17, 15) is 14.5 Å². The normalized spacial score (nSPS) is 10.4. The third-order valence-corrected chi connectivity index (χ3v) is 2.94. The maximum atomic E-state index is 13.7. The van der Waals surface area contributed by atoms with Gasteiger partial charge < -0.3 is 0 Å². The lowest BCUT2D eigenvalue weighted by Gasteiger charge is -2.06. The summed E-state index contributed by atoms with van der Waals surface area (Å²) in [6.07, 6.45) is 0. The first-order valence-electron chi connectivity index (χ1n) is 4.88. The van der Waals surface area contributed by atoms with Crippen molar-refractivity contribution in [1.29, 1.82) is 0 Å². The van der Waals surface area contributed by atoms with Crippen molar-refractivity contribution in [2.75, 3.05) is 0 Å². The molecule has 2 aromatic rings. The van der Waals surface area contributed by atoms with Gasteiger partial charge in [-0.2, -0.15) is 0 Å². The molecule has 18 heavy (non-hydrogen) atoms. The number of nitrogens with zero attached hydrogens (tertiary/aromatic N) is 1. The first-order chi connectivity index (χ1) is 8.49. The number of rotatable bonds is 2. The van der Waals surface area contributed by atoms with Gasteiger partial charge in [0.1, 0.15) is 5.82 Å². The van der Waals surface area contributed by atoms with Gasteiger partial charge in [0.2, 0.25) is 0 Å². The molecule has 0 atom stereocenters. The van der Waals surface area contributed by atoms with E-state index in [1.165, 1.54) is 12.1 Å². The molecule has 3 nitrogen and oxygen atoms in total. The lowest BCUT2D eigenvalue weighted by molar-refractivity contribution is -0.384. The van der Waals surface area contributed by atoms with Crippen molar-refractivity contribution in [3.63, 3.8) is 0 Å². The first-order valence-corrected chi connectivity index (χ1v) is 5.64. The maximum absolute atomic E-state index is 13.7. The summed E-state index contributed by atoms with van der Waals surface area (Å²) in [7, 11) is 0. The zero-order valence-electron chi connectivity index (χ0n) is 8.86. The standard InChI is InChI=1S/C12H6Cl2FNO2/c13-7-1-3-11(14)9(5-7)10-6-8(16(17)18)2-4-12(10)15/h1-6H. The van der Waals surface area contributed by atoms with Gasteiger partial charge in [0.15, 0.2) is 0 Å². The molecule has 0 N–H and O–H groups in total. The van der Waals surface area contributed by atoms with E-state index >= 15 is 0 Å². The van der Waals surface area contributed by atoms with E-state index in [1.807, 2.05) is 0 Å². The molecule has 0 aliphatic rings. The van der Waals surface area contributed by atoms with Crippen LogP contribution in [0.4, 0.5) is 10.1 Å². The van der Waals surface area contributed by atoms with Crippen LogP contribution in [0.5, 0.6) is 0 Å². The minimum absolute atomic E-state index is 0.0525. The summed E-state index contributed by atoms with van der Waals surface area (Å²) in [5.74, 6) is -0.593. The quantitative estimate of drug-likeness (QED) is 0.592. The number of nitro groups is 1. The van der Waals surface area contributed by atoms with E-state index in [4.69, 9.17) is 23.2 Å². The highest BCUT2D eigenvalue weighted by Crippen LogP contribution is 2.34. The third-order valence-electron chi connectivity index (χ3n) is 2.38. The van der Waals surface area contributed by atoms with Crippen LogP contribution in [0.3, 0.4) is 0 Å². The molecule has 0 aliphatic heterocycles. The molecule has 92 valence electrons. The number of nitro benzene ring substituents is 1. The van der Waals surface area contributed by atoms with Crippen LogP contribution in [0.15, 0.2) is 36.4 Å². The van der Waals surface area contributed by atoms with Crippen molar-refractivity contribution in [3.05, 3.63) is 62.4 Å². The van der Waals surface area contributed by atoms with Crippen molar-refractivity contribution < 1.29 is 9.31 Å². The van der Waals surface area contributed by atoms with E-state index in [0.29, 0.717) is 10.6 Å². The van der Waals surface area contributed by atoms with Gasteiger partial charge in [-0.3, -0.25) is 10.1 Å². The topological polar surface area (TPSA) is 43.1 Å². The summed E-state index contributed by atoms with van der Waals surface area (Å²) < 4.78 is 13.7. The Morgan fingerprint density at radius 2 is 1.78 bits per heavy atom. The van der Waals surface area contributed by atoms with Gasteiger partial charge in [0.25, 0.3) is 5.69 Å². The molecule has 6 heteroatoms. The van der Waals surface area contributed by atoms with Crippen LogP contribution in [0.2, 0.25) is 10.0 Å². The third kappa shape index (κ3) is 2.44. The van der Waals surface area contributed by atoms with Gasteiger partial charge in [0.05, 0.1) is 4.92 Å². The van der Waals surface area contributed by atoms with Gasteiger partial charge >= 0.3 is 0 Å². The molecule has 0 fully saturated rings. The maximum Gasteiger partial charge on any atom is 0.270 e.